The smallest absolute Gasteiger partial charge is 0.337 e. The second-order valence-electron chi connectivity index (χ2n) is 6.69. The van der Waals surface area contributed by atoms with E-state index in [1.54, 1.807) is 6.92 Å². The van der Waals surface area contributed by atoms with Crippen LogP contribution in [0.4, 0.5) is 0 Å². The van der Waals surface area contributed by atoms with E-state index < -0.39 is 26.5 Å². The molecule has 0 saturated carbocycles. The van der Waals surface area contributed by atoms with E-state index >= 15 is 0 Å². The van der Waals surface area contributed by atoms with Crippen molar-refractivity contribution < 1.29 is 24.2 Å². The normalized spacial score (nSPS) is 17.4. The molecule has 0 aliphatic heterocycles. The topological polar surface area (TPSA) is 76.0 Å². The molecule has 2 N–H and O–H groups in total. The largest absolute Gasteiger partial charge is 0.464 e. The number of esters is 1. The highest BCUT2D eigenvalue weighted by molar-refractivity contribution is 6.74. The minimum absolute atomic E-state index is 0.0754. The third-order valence-electron chi connectivity index (χ3n) is 3.77. The van der Waals surface area contributed by atoms with Crippen molar-refractivity contribution in [3.8, 4) is 0 Å². The van der Waals surface area contributed by atoms with Crippen molar-refractivity contribution in [1.82, 2.24) is 0 Å². The van der Waals surface area contributed by atoms with E-state index in [-0.39, 0.29) is 24.2 Å². The summed E-state index contributed by atoms with van der Waals surface area (Å²) in [7, 11) is -1.92. The van der Waals surface area contributed by atoms with Gasteiger partial charge in [0.05, 0.1) is 12.7 Å². The Labute approximate surface area is 123 Å². The minimum atomic E-state index is -1.92. The number of rotatable bonds is 7. The quantitative estimate of drug-likeness (QED) is 0.556. The van der Waals surface area contributed by atoms with Crippen LogP contribution in [-0.2, 0) is 14.0 Å². The monoisotopic (exact) mass is 306 g/mol. The van der Waals surface area contributed by atoms with Crippen LogP contribution in [0.2, 0.25) is 18.1 Å². The molecular weight excluding hydrogens is 276 g/mol. The van der Waals surface area contributed by atoms with E-state index in [2.05, 4.69) is 38.6 Å². The van der Waals surface area contributed by atoms with Gasteiger partial charge in [0.25, 0.3) is 0 Å². The molecule has 0 aromatic heterocycles. The first-order valence-corrected chi connectivity index (χ1v) is 10.0. The number of hydrogen-bond donors (Lipinski definition) is 2. The first kappa shape index (κ1) is 19.6. The van der Waals surface area contributed by atoms with Gasteiger partial charge in [-0.25, -0.2) is 4.79 Å². The highest BCUT2D eigenvalue weighted by Gasteiger charge is 2.39. The highest BCUT2D eigenvalue weighted by Crippen LogP contribution is 2.37. The van der Waals surface area contributed by atoms with Crippen LogP contribution >= 0.6 is 0 Å². The van der Waals surface area contributed by atoms with Crippen molar-refractivity contribution in [2.75, 3.05) is 6.61 Å². The Morgan fingerprint density at radius 2 is 1.75 bits per heavy atom. The molecule has 120 valence electrons. The summed E-state index contributed by atoms with van der Waals surface area (Å²) < 4.78 is 10.8. The van der Waals surface area contributed by atoms with Crippen LogP contribution in [0.25, 0.3) is 0 Å². The zero-order chi connectivity index (χ0) is 16.1. The fourth-order valence-electron chi connectivity index (χ4n) is 1.58. The second-order valence-corrected chi connectivity index (χ2v) is 11.4. The Kier molecular flexibility index (Phi) is 7.38. The average molecular weight is 306 g/mol. The second kappa shape index (κ2) is 7.54. The predicted octanol–water partition coefficient (Wildman–Crippen LogP) is 2.07. The van der Waals surface area contributed by atoms with Gasteiger partial charge in [0.2, 0.25) is 0 Å². The Morgan fingerprint density at radius 3 is 2.15 bits per heavy atom. The molecule has 0 radical (unpaired) electrons. The van der Waals surface area contributed by atoms with Gasteiger partial charge in [0.15, 0.2) is 14.4 Å². The van der Waals surface area contributed by atoms with Gasteiger partial charge in [0.1, 0.15) is 0 Å². The summed E-state index contributed by atoms with van der Waals surface area (Å²) in [5, 5.41) is 19.6. The summed E-state index contributed by atoms with van der Waals surface area (Å²) >= 11 is 0. The molecule has 20 heavy (non-hydrogen) atoms. The van der Waals surface area contributed by atoms with E-state index in [0.29, 0.717) is 0 Å². The van der Waals surface area contributed by atoms with Crippen LogP contribution in [0.15, 0.2) is 0 Å². The fourth-order valence-corrected chi connectivity index (χ4v) is 3.04. The van der Waals surface area contributed by atoms with Gasteiger partial charge in [-0.2, -0.15) is 0 Å². The van der Waals surface area contributed by atoms with Crippen molar-refractivity contribution in [3.05, 3.63) is 0 Å². The molecule has 3 atom stereocenters. The first-order valence-electron chi connectivity index (χ1n) is 7.13. The number of aliphatic hydroxyl groups excluding tert-OH is 2. The average Bonchev–Trinajstić information content (AvgIpc) is 2.25. The molecule has 0 aliphatic rings. The lowest BCUT2D eigenvalue weighted by Gasteiger charge is -2.39. The Bertz CT molecular complexity index is 311. The number of aliphatic hydroxyl groups is 2. The molecule has 6 heteroatoms. The minimum Gasteiger partial charge on any atom is -0.464 e. The summed E-state index contributed by atoms with van der Waals surface area (Å²) in [6.07, 6.45) is -2.71. The van der Waals surface area contributed by atoms with Crippen LogP contribution in [0.3, 0.4) is 0 Å². The molecule has 0 aliphatic carbocycles. The fraction of sp³-hybridized carbons (Fsp3) is 0.929. The summed E-state index contributed by atoms with van der Waals surface area (Å²) in [5.41, 5.74) is 0. The summed E-state index contributed by atoms with van der Waals surface area (Å²) in [6.45, 7) is 14.3. The lowest BCUT2D eigenvalue weighted by Crippen LogP contribution is -2.45. The number of carbonyl (C=O) groups is 1. The molecule has 0 spiro atoms. The van der Waals surface area contributed by atoms with Gasteiger partial charge >= 0.3 is 5.97 Å². The zero-order valence-electron chi connectivity index (χ0n) is 13.8. The highest BCUT2D eigenvalue weighted by atomic mass is 28.4. The zero-order valence-corrected chi connectivity index (χ0v) is 14.8. The maximum atomic E-state index is 11.3. The van der Waals surface area contributed by atoms with E-state index in [4.69, 9.17) is 4.43 Å². The van der Waals surface area contributed by atoms with Crippen LogP contribution in [0.5, 0.6) is 0 Å². The summed E-state index contributed by atoms with van der Waals surface area (Å²) in [4.78, 5) is 11.3. The molecule has 0 amide bonds. The summed E-state index contributed by atoms with van der Waals surface area (Å²) in [5.74, 6) is -0.792. The standard InChI is InChI=1S/C14H30O5Si/c1-8-18-13(17)12(16)11(15)9-10(2)19-20(6,7)14(3,4)5/h10-12,15-16H,8-9H2,1-7H3/t10-,11+,12-/m1/s1. The van der Waals surface area contributed by atoms with E-state index in [1.807, 2.05) is 6.92 Å². The molecule has 0 saturated heterocycles. The van der Waals surface area contributed by atoms with Crippen LogP contribution in [0, 0.1) is 0 Å². The van der Waals surface area contributed by atoms with E-state index in [9.17, 15) is 15.0 Å². The third-order valence-corrected chi connectivity index (χ3v) is 8.37. The number of hydrogen-bond acceptors (Lipinski definition) is 5. The molecule has 0 heterocycles. The lowest BCUT2D eigenvalue weighted by atomic mass is 10.1. The van der Waals surface area contributed by atoms with Crippen molar-refractivity contribution in [3.63, 3.8) is 0 Å². The van der Waals surface area contributed by atoms with Crippen molar-refractivity contribution in [2.45, 2.75) is 77.5 Å². The molecule has 0 aromatic carbocycles. The van der Waals surface area contributed by atoms with Gasteiger partial charge in [-0.1, -0.05) is 20.8 Å². The summed E-state index contributed by atoms with van der Waals surface area (Å²) in [6, 6.07) is 0. The predicted molar refractivity (Wildman–Crippen MR) is 81.0 cm³/mol. The molecule has 0 rings (SSSR count). The molecule has 0 unspecified atom stereocenters. The van der Waals surface area contributed by atoms with Crippen LogP contribution in [0.1, 0.15) is 41.0 Å². The Morgan fingerprint density at radius 1 is 1.25 bits per heavy atom. The van der Waals surface area contributed by atoms with E-state index in [0.717, 1.165) is 0 Å². The number of carbonyl (C=O) groups excluding carboxylic acids is 1. The maximum absolute atomic E-state index is 11.3. The van der Waals surface area contributed by atoms with Gasteiger partial charge in [-0.3, -0.25) is 0 Å². The van der Waals surface area contributed by atoms with Gasteiger partial charge in [-0.05, 0) is 32.0 Å². The molecule has 0 bridgehead atoms. The van der Waals surface area contributed by atoms with Crippen molar-refractivity contribution in [2.24, 2.45) is 0 Å². The van der Waals surface area contributed by atoms with Crippen molar-refractivity contribution in [1.29, 1.82) is 0 Å². The first-order chi connectivity index (χ1) is 8.92. The Hall–Kier alpha value is -0.433. The van der Waals surface area contributed by atoms with Crippen LogP contribution in [-0.4, -0.2) is 49.4 Å². The molecule has 5 nitrogen and oxygen atoms in total. The SMILES string of the molecule is CCOC(=O)[C@H](O)[C@@H](O)C[C@@H](C)O[Si](C)(C)C(C)(C)C. The van der Waals surface area contributed by atoms with Gasteiger partial charge in [0, 0.05) is 12.5 Å². The van der Waals surface area contributed by atoms with E-state index in [1.165, 1.54) is 0 Å². The number of ether oxygens (including phenoxy) is 1. The van der Waals surface area contributed by atoms with Crippen molar-refractivity contribution >= 4 is 14.3 Å². The van der Waals surface area contributed by atoms with Crippen LogP contribution < -0.4 is 0 Å². The maximum Gasteiger partial charge on any atom is 0.337 e. The molecule has 0 fully saturated rings. The molecule has 0 aromatic rings. The van der Waals surface area contributed by atoms with Gasteiger partial charge in [-0.15, -0.1) is 0 Å². The Balaban J connectivity index is 4.47. The van der Waals surface area contributed by atoms with Gasteiger partial charge < -0.3 is 19.4 Å². The lowest BCUT2D eigenvalue weighted by molar-refractivity contribution is -0.160. The molecular formula is C14H30O5Si. The third kappa shape index (κ3) is 5.91.